The molecule has 0 bridgehead atoms. The minimum Gasteiger partial charge on any atom is -0.756 e. The average molecular weight is 1250 g/mol. The second kappa shape index (κ2) is 66.6. The minimum atomic E-state index is -4.71. The number of carbonyl (C=O) groups is 2. The Kier molecular flexibility index (Phi) is 64.1. The molecule has 1 N–H and O–H groups in total. The van der Waals surface area contributed by atoms with Crippen LogP contribution in [-0.4, -0.2) is 69.4 Å². The Bertz CT molecular complexity index is 1870. The van der Waals surface area contributed by atoms with Crippen molar-refractivity contribution in [2.24, 2.45) is 0 Å². The van der Waals surface area contributed by atoms with Crippen molar-refractivity contribution < 1.29 is 37.3 Å². The molecule has 0 saturated heterocycles. The van der Waals surface area contributed by atoms with Gasteiger partial charge >= 0.3 is 5.97 Å². The Morgan fingerprint density at radius 2 is 0.727 bits per heavy atom. The number of carbonyl (C=O) groups excluding carboxylic acids is 2. The van der Waals surface area contributed by atoms with Crippen LogP contribution in [0.1, 0.15) is 323 Å². The Hall–Kier alpha value is -3.33. The van der Waals surface area contributed by atoms with Crippen LogP contribution in [0.5, 0.6) is 0 Å². The number of esters is 1. The van der Waals surface area contributed by atoms with Crippen molar-refractivity contribution >= 4 is 19.7 Å². The zero-order valence-corrected chi connectivity index (χ0v) is 59.0. The number of amides is 1. The number of likely N-dealkylation sites (N-methyl/N-ethyl adjacent to an activating group) is 1. The zero-order chi connectivity index (χ0) is 64.2. The number of phosphoric acid groups is 1. The highest BCUT2D eigenvalue weighted by Gasteiger charge is 2.27. The van der Waals surface area contributed by atoms with Gasteiger partial charge < -0.3 is 28.5 Å². The van der Waals surface area contributed by atoms with Crippen LogP contribution in [0.2, 0.25) is 0 Å². The first kappa shape index (κ1) is 84.7. The van der Waals surface area contributed by atoms with E-state index in [1.807, 2.05) is 33.3 Å². The fraction of sp³-hybridized carbons (Fsp3) is 0.744. The van der Waals surface area contributed by atoms with Crippen molar-refractivity contribution in [2.45, 2.75) is 335 Å². The summed E-state index contributed by atoms with van der Waals surface area (Å²) in [4.78, 5) is 40.2. The van der Waals surface area contributed by atoms with E-state index in [4.69, 9.17) is 13.8 Å². The second-order valence-electron chi connectivity index (χ2n) is 25.7. The predicted octanol–water partition coefficient (Wildman–Crippen LogP) is 23.0. The minimum absolute atomic E-state index is 0.0275. The van der Waals surface area contributed by atoms with Crippen LogP contribution in [0, 0.1) is 0 Å². The molecule has 0 aliphatic carbocycles. The molecule has 9 nitrogen and oxygen atoms in total. The van der Waals surface area contributed by atoms with E-state index >= 15 is 0 Å². The molecule has 0 saturated carbocycles. The van der Waals surface area contributed by atoms with Gasteiger partial charge in [0.15, 0.2) is 0 Å². The highest BCUT2D eigenvalue weighted by Crippen LogP contribution is 2.38. The number of phosphoric ester groups is 1. The number of nitrogens with one attached hydrogen (secondary N) is 1. The molecular formula is C78H139N2O7P. The molecule has 0 aromatic rings. The zero-order valence-electron chi connectivity index (χ0n) is 58.2. The lowest BCUT2D eigenvalue weighted by Crippen LogP contribution is -2.47. The summed E-state index contributed by atoms with van der Waals surface area (Å²) < 4.78 is 30.5. The second-order valence-corrected chi connectivity index (χ2v) is 27.1. The van der Waals surface area contributed by atoms with Gasteiger partial charge in [0.05, 0.1) is 33.8 Å². The molecule has 0 radical (unpaired) electrons. The Labute approximate surface area is 544 Å². The number of unbranched alkanes of at least 4 members (excludes halogenated alkanes) is 34. The lowest BCUT2D eigenvalue weighted by Gasteiger charge is -2.30. The van der Waals surface area contributed by atoms with E-state index in [-0.39, 0.29) is 24.9 Å². The number of hydrogen-bond donors (Lipinski definition) is 1. The van der Waals surface area contributed by atoms with Gasteiger partial charge in [-0.15, -0.1) is 0 Å². The number of allylic oxidation sites excluding steroid dienone is 17. The van der Waals surface area contributed by atoms with E-state index in [2.05, 4.69) is 123 Å². The van der Waals surface area contributed by atoms with E-state index in [1.54, 1.807) is 0 Å². The SMILES string of the molecule is CC/C=C\C/C=C\C/C=C\C/C=C\C/C=C\CCCCCCCCCCCCCC(=O)NC(COP(=O)([O-])OCC[N+](C)(C)C)C(/C=C\CCCCCCCCCCCC)OC(=O)CCCCCCCCCCCC/C=C\C/C=C\C/C=C\CCCCC. The molecule has 0 aromatic heterocycles. The fourth-order valence-electron chi connectivity index (χ4n) is 10.3. The van der Waals surface area contributed by atoms with E-state index in [0.29, 0.717) is 17.4 Å². The van der Waals surface area contributed by atoms with Crippen molar-refractivity contribution in [3.8, 4) is 0 Å². The standard InChI is InChI=1S/C78H139N2O7P/c1-7-10-13-16-19-22-25-28-30-32-34-36-38-39-40-41-43-44-46-48-50-52-55-58-61-64-67-70-77(81)79-75(74-86-88(83,84)85-73-72-80(4,5)6)76(69-66-63-60-57-54-27-24-21-18-15-12-9-3)87-78(82)71-68-65-62-59-56-53-51-49-47-45-42-37-35-33-31-29-26-23-20-17-14-11-8-2/h10,13,19-20,22-23,28-31,34-37,39-40,66,69,75-76H,7-9,11-12,14-18,21,24-27,32-33,38,41-65,67-68,70-74H2,1-6H3,(H-,79,81,83,84)/b13-10-,22-19-,23-20-,30-28-,31-29-,36-34-,37-35-,40-39-,69-66-. The molecule has 3 unspecified atom stereocenters. The summed E-state index contributed by atoms with van der Waals surface area (Å²) in [6.45, 7) is 6.72. The molecule has 0 aliphatic rings. The molecular weight excluding hydrogens is 1110 g/mol. The molecule has 0 aromatic carbocycles. The highest BCUT2D eigenvalue weighted by molar-refractivity contribution is 7.45. The molecule has 0 fully saturated rings. The normalized spacial score (nSPS) is 14.1. The Morgan fingerprint density at radius 3 is 1.11 bits per heavy atom. The third kappa shape index (κ3) is 67.1. The molecule has 0 spiro atoms. The monoisotopic (exact) mass is 1250 g/mol. The first-order valence-electron chi connectivity index (χ1n) is 36.7. The van der Waals surface area contributed by atoms with E-state index in [9.17, 15) is 19.0 Å². The van der Waals surface area contributed by atoms with Crippen molar-refractivity contribution in [1.29, 1.82) is 0 Å². The van der Waals surface area contributed by atoms with Crippen LogP contribution in [0.15, 0.2) is 109 Å². The fourth-order valence-corrected chi connectivity index (χ4v) is 11.0. The van der Waals surface area contributed by atoms with Gasteiger partial charge in [-0.25, -0.2) is 0 Å². The van der Waals surface area contributed by atoms with Crippen molar-refractivity contribution in [2.75, 3.05) is 40.9 Å². The summed E-state index contributed by atoms with van der Waals surface area (Å²) in [6, 6.07) is -0.899. The van der Waals surface area contributed by atoms with Gasteiger partial charge in [-0.3, -0.25) is 14.2 Å². The van der Waals surface area contributed by atoms with Crippen LogP contribution in [0.3, 0.4) is 0 Å². The summed E-state index contributed by atoms with van der Waals surface area (Å²) in [5.74, 6) is -0.546. The van der Waals surface area contributed by atoms with E-state index in [0.717, 1.165) is 128 Å². The molecule has 10 heteroatoms. The smallest absolute Gasteiger partial charge is 0.306 e. The van der Waals surface area contributed by atoms with Gasteiger partial charge in [-0.2, -0.15) is 0 Å². The summed E-state index contributed by atoms with van der Waals surface area (Å²) in [5, 5.41) is 3.04. The summed E-state index contributed by atoms with van der Waals surface area (Å²) >= 11 is 0. The number of nitrogens with zero attached hydrogens (tertiary/aromatic N) is 1. The molecule has 508 valence electrons. The lowest BCUT2D eigenvalue weighted by molar-refractivity contribution is -0.870. The average Bonchev–Trinajstić information content (AvgIpc) is 3.66. The first-order chi connectivity index (χ1) is 42.9. The largest absolute Gasteiger partial charge is 0.756 e. The van der Waals surface area contributed by atoms with E-state index < -0.39 is 26.6 Å². The van der Waals surface area contributed by atoms with Gasteiger partial charge in [0.1, 0.15) is 19.3 Å². The van der Waals surface area contributed by atoms with Crippen LogP contribution in [0.4, 0.5) is 0 Å². The molecule has 3 atom stereocenters. The van der Waals surface area contributed by atoms with Crippen LogP contribution < -0.4 is 10.2 Å². The number of rotatable bonds is 66. The van der Waals surface area contributed by atoms with Gasteiger partial charge in [0.2, 0.25) is 5.91 Å². The summed E-state index contributed by atoms with van der Waals surface area (Å²) in [6.07, 6.45) is 92.1. The number of ether oxygens (including phenoxy) is 1. The van der Waals surface area contributed by atoms with Gasteiger partial charge in [0, 0.05) is 12.8 Å². The number of quaternary nitrogens is 1. The lowest BCUT2D eigenvalue weighted by atomic mass is 10.0. The van der Waals surface area contributed by atoms with Gasteiger partial charge in [-0.05, 0) is 115 Å². The molecule has 0 aliphatic heterocycles. The third-order valence-electron chi connectivity index (χ3n) is 15.9. The topological polar surface area (TPSA) is 114 Å². The molecule has 0 heterocycles. The molecule has 0 rings (SSSR count). The highest BCUT2D eigenvalue weighted by atomic mass is 31.2. The maximum absolute atomic E-state index is 13.6. The van der Waals surface area contributed by atoms with Gasteiger partial charge in [0.25, 0.3) is 7.82 Å². The van der Waals surface area contributed by atoms with E-state index in [1.165, 1.54) is 161 Å². The maximum Gasteiger partial charge on any atom is 0.306 e. The predicted molar refractivity (Wildman–Crippen MR) is 381 cm³/mol. The van der Waals surface area contributed by atoms with Crippen molar-refractivity contribution in [3.63, 3.8) is 0 Å². The van der Waals surface area contributed by atoms with Crippen molar-refractivity contribution in [1.82, 2.24) is 5.32 Å². The summed E-state index contributed by atoms with van der Waals surface area (Å²) in [7, 11) is 1.18. The van der Waals surface area contributed by atoms with Crippen LogP contribution >= 0.6 is 7.82 Å². The van der Waals surface area contributed by atoms with Crippen LogP contribution in [0.25, 0.3) is 0 Å². The Morgan fingerprint density at radius 1 is 0.409 bits per heavy atom. The first-order valence-corrected chi connectivity index (χ1v) is 38.2. The maximum atomic E-state index is 13.6. The summed E-state index contributed by atoms with van der Waals surface area (Å²) in [5.41, 5.74) is 0. The Balaban J connectivity index is 5.04. The van der Waals surface area contributed by atoms with Gasteiger partial charge in [-0.1, -0.05) is 304 Å². The molecule has 88 heavy (non-hydrogen) atoms. The quantitative estimate of drug-likeness (QED) is 0.0212. The van der Waals surface area contributed by atoms with Crippen LogP contribution in [-0.2, 0) is 27.9 Å². The molecule has 1 amide bonds. The number of hydrogen-bond acceptors (Lipinski definition) is 7. The van der Waals surface area contributed by atoms with Crippen molar-refractivity contribution in [3.05, 3.63) is 109 Å². The third-order valence-corrected chi connectivity index (χ3v) is 16.9.